The Bertz CT molecular complexity index is 1080. The molecule has 2 aromatic carbocycles. The second-order valence-electron chi connectivity index (χ2n) is 11.0. The highest BCUT2D eigenvalue weighted by Crippen LogP contribution is 2.43. The van der Waals surface area contributed by atoms with Gasteiger partial charge in [-0.2, -0.15) is 0 Å². The molecule has 2 fully saturated rings. The van der Waals surface area contributed by atoms with Crippen molar-refractivity contribution in [1.82, 2.24) is 9.80 Å². The van der Waals surface area contributed by atoms with Gasteiger partial charge in [0.1, 0.15) is 11.4 Å². The normalized spacial score (nSPS) is 20.6. The minimum atomic E-state index is -0.661. The molecule has 0 bridgehead atoms. The summed E-state index contributed by atoms with van der Waals surface area (Å²) in [7, 11) is 0. The molecule has 1 heterocycles. The minimum Gasteiger partial charge on any atom is -0.456 e. The number of halogens is 3. The van der Waals surface area contributed by atoms with Crippen molar-refractivity contribution in [2.24, 2.45) is 0 Å². The number of ether oxygens (including phenoxy) is 1. The highest BCUT2D eigenvalue weighted by Gasteiger charge is 2.32. The molecular weight excluding hydrogens is 486 g/mol. The fraction of sp³-hybridized carbons (Fsp3) is 0.536. The number of hydrogen-bond donors (Lipinski definition) is 0. The van der Waals surface area contributed by atoms with Gasteiger partial charge in [-0.15, -0.1) is 0 Å². The summed E-state index contributed by atoms with van der Waals surface area (Å²) >= 11 is 12.5. The molecule has 35 heavy (non-hydrogen) atoms. The molecule has 1 aliphatic heterocycles. The van der Waals surface area contributed by atoms with Crippen LogP contribution in [0.4, 0.5) is 4.39 Å². The predicted octanol–water partition coefficient (Wildman–Crippen LogP) is 7.23. The lowest BCUT2D eigenvalue weighted by molar-refractivity contribution is 0.00645. The lowest BCUT2D eigenvalue weighted by atomic mass is 9.98. The van der Waals surface area contributed by atoms with E-state index in [9.17, 15) is 4.79 Å². The molecule has 4 nitrogen and oxygen atoms in total. The Hall–Kier alpha value is -1.66. The van der Waals surface area contributed by atoms with E-state index < -0.39 is 17.4 Å². The van der Waals surface area contributed by atoms with Crippen LogP contribution in [0.2, 0.25) is 10.0 Å². The van der Waals surface area contributed by atoms with Crippen molar-refractivity contribution in [3.63, 3.8) is 0 Å². The number of nitrogens with zero attached hydrogens (tertiary/aromatic N) is 2. The van der Waals surface area contributed by atoms with Crippen LogP contribution in [0.3, 0.4) is 0 Å². The highest BCUT2D eigenvalue weighted by molar-refractivity contribution is 6.34. The van der Waals surface area contributed by atoms with E-state index in [2.05, 4.69) is 23.6 Å². The largest absolute Gasteiger partial charge is 0.456 e. The van der Waals surface area contributed by atoms with Crippen LogP contribution >= 0.6 is 23.2 Å². The number of piperazine rings is 1. The maximum Gasteiger partial charge on any atom is 0.341 e. The Balaban J connectivity index is 1.47. The molecule has 0 N–H and O–H groups in total. The maximum absolute atomic E-state index is 15.0. The van der Waals surface area contributed by atoms with Crippen molar-refractivity contribution < 1.29 is 13.9 Å². The lowest BCUT2D eigenvalue weighted by Crippen LogP contribution is -2.52. The van der Waals surface area contributed by atoms with Crippen LogP contribution in [-0.2, 0) is 11.3 Å². The average molecular weight is 522 g/mol. The standard InChI is InChI=1S/C28H35Cl2FN2O2/c1-17-15-32(8-9-33(17)18(2)20-10-22(29)13-23(30)11-20)16-21-12-26(31)25(14-24(21)19-6-7-19)27(34)35-28(3,4)5/h10-14,17-19H,6-9,15-16H2,1-5H3/t17-,18?/m0/s1. The molecule has 2 atom stereocenters. The number of carbonyl (C=O) groups is 1. The Morgan fingerprint density at radius 2 is 1.77 bits per heavy atom. The number of esters is 1. The van der Waals surface area contributed by atoms with Gasteiger partial charge < -0.3 is 4.74 Å². The SMILES string of the molecule is CC(c1cc(Cl)cc(Cl)c1)N1CCN(Cc2cc(F)c(C(=O)OC(C)(C)C)cc2C2CC2)C[C@@H]1C. The van der Waals surface area contributed by atoms with E-state index >= 15 is 4.39 Å². The molecular formula is C28H35Cl2FN2O2. The van der Waals surface area contributed by atoms with Gasteiger partial charge in [-0.25, -0.2) is 9.18 Å². The van der Waals surface area contributed by atoms with Gasteiger partial charge in [0.15, 0.2) is 0 Å². The van der Waals surface area contributed by atoms with E-state index in [1.807, 2.05) is 12.1 Å². The second kappa shape index (κ2) is 10.4. The monoisotopic (exact) mass is 520 g/mol. The third-order valence-electron chi connectivity index (χ3n) is 6.89. The van der Waals surface area contributed by atoms with Crippen LogP contribution in [-0.4, -0.2) is 47.0 Å². The summed E-state index contributed by atoms with van der Waals surface area (Å²) < 4.78 is 20.5. The van der Waals surface area contributed by atoms with E-state index in [1.54, 1.807) is 39.0 Å². The summed E-state index contributed by atoms with van der Waals surface area (Å²) in [5.41, 5.74) is 2.55. The summed E-state index contributed by atoms with van der Waals surface area (Å²) in [6.45, 7) is 13.1. The molecule has 2 aliphatic rings. The molecule has 0 amide bonds. The van der Waals surface area contributed by atoms with Crippen LogP contribution in [0.1, 0.15) is 86.5 Å². The summed E-state index contributed by atoms with van der Waals surface area (Å²) in [4.78, 5) is 17.4. The van der Waals surface area contributed by atoms with Crippen LogP contribution < -0.4 is 0 Å². The Morgan fingerprint density at radius 1 is 1.11 bits per heavy atom. The first-order valence-electron chi connectivity index (χ1n) is 12.4. The molecule has 1 saturated heterocycles. The zero-order chi connectivity index (χ0) is 25.5. The van der Waals surface area contributed by atoms with Gasteiger partial charge in [0.05, 0.1) is 5.56 Å². The van der Waals surface area contributed by atoms with Crippen LogP contribution in [0.25, 0.3) is 0 Å². The van der Waals surface area contributed by atoms with Crippen molar-refractivity contribution in [1.29, 1.82) is 0 Å². The van der Waals surface area contributed by atoms with Crippen LogP contribution in [0.5, 0.6) is 0 Å². The number of rotatable bonds is 6. The molecule has 1 aliphatic carbocycles. The zero-order valence-corrected chi connectivity index (χ0v) is 22.7. The fourth-order valence-electron chi connectivity index (χ4n) is 5.05. The van der Waals surface area contributed by atoms with Gasteiger partial charge in [0, 0.05) is 48.3 Å². The Labute approximate surface area is 218 Å². The van der Waals surface area contributed by atoms with Crippen molar-refractivity contribution in [3.05, 3.63) is 68.4 Å². The van der Waals surface area contributed by atoms with Crippen LogP contribution in [0.15, 0.2) is 30.3 Å². The first-order chi connectivity index (χ1) is 16.4. The molecule has 0 aromatic heterocycles. The summed E-state index contributed by atoms with van der Waals surface area (Å²) in [5, 5.41) is 1.30. The van der Waals surface area contributed by atoms with Gasteiger partial charge >= 0.3 is 5.97 Å². The minimum absolute atomic E-state index is 0.0396. The van der Waals surface area contributed by atoms with Crippen molar-refractivity contribution >= 4 is 29.2 Å². The van der Waals surface area contributed by atoms with Gasteiger partial charge in [-0.3, -0.25) is 9.80 Å². The van der Waals surface area contributed by atoms with E-state index in [0.29, 0.717) is 28.5 Å². The van der Waals surface area contributed by atoms with Crippen molar-refractivity contribution in [2.75, 3.05) is 19.6 Å². The van der Waals surface area contributed by atoms with Gasteiger partial charge in [-0.05, 0) is 100 Å². The molecule has 1 saturated carbocycles. The quantitative estimate of drug-likeness (QED) is 0.376. The van der Waals surface area contributed by atoms with Crippen molar-refractivity contribution in [2.45, 2.75) is 77.6 Å². The Morgan fingerprint density at radius 3 is 2.34 bits per heavy atom. The number of hydrogen-bond acceptors (Lipinski definition) is 4. The van der Waals surface area contributed by atoms with E-state index in [0.717, 1.165) is 49.2 Å². The third kappa shape index (κ3) is 6.56. The second-order valence-corrected chi connectivity index (χ2v) is 11.9. The smallest absolute Gasteiger partial charge is 0.341 e. The molecule has 1 unspecified atom stereocenters. The molecule has 4 rings (SSSR count). The number of benzene rings is 2. The molecule has 0 spiro atoms. The number of carbonyl (C=O) groups excluding carboxylic acids is 1. The van der Waals surface area contributed by atoms with Gasteiger partial charge in [0.25, 0.3) is 0 Å². The fourth-order valence-corrected chi connectivity index (χ4v) is 5.59. The summed E-state index contributed by atoms with van der Waals surface area (Å²) in [6.07, 6.45) is 2.16. The van der Waals surface area contributed by atoms with Crippen molar-refractivity contribution in [3.8, 4) is 0 Å². The van der Waals surface area contributed by atoms with E-state index in [1.165, 1.54) is 0 Å². The highest BCUT2D eigenvalue weighted by atomic mass is 35.5. The molecule has 0 radical (unpaired) electrons. The van der Waals surface area contributed by atoms with Gasteiger partial charge in [-0.1, -0.05) is 23.2 Å². The molecule has 2 aromatic rings. The third-order valence-corrected chi connectivity index (χ3v) is 7.32. The first-order valence-corrected chi connectivity index (χ1v) is 13.2. The Kier molecular flexibility index (Phi) is 7.82. The lowest BCUT2D eigenvalue weighted by Gasteiger charge is -2.43. The predicted molar refractivity (Wildman–Crippen MR) is 140 cm³/mol. The average Bonchev–Trinajstić information content (AvgIpc) is 3.57. The van der Waals surface area contributed by atoms with E-state index in [4.69, 9.17) is 27.9 Å². The summed E-state index contributed by atoms with van der Waals surface area (Å²) in [5.74, 6) is -0.698. The maximum atomic E-state index is 15.0. The van der Waals surface area contributed by atoms with E-state index in [-0.39, 0.29) is 11.6 Å². The zero-order valence-electron chi connectivity index (χ0n) is 21.2. The first kappa shape index (κ1) is 26.4. The summed E-state index contributed by atoms with van der Waals surface area (Å²) in [6, 6.07) is 9.51. The molecule has 190 valence electrons. The van der Waals surface area contributed by atoms with Crippen LogP contribution in [0, 0.1) is 5.82 Å². The topological polar surface area (TPSA) is 32.8 Å². The van der Waals surface area contributed by atoms with Gasteiger partial charge in [0.2, 0.25) is 0 Å². The molecule has 7 heteroatoms.